The molecular formula is C23H33N3O5S. The third kappa shape index (κ3) is 6.80. The summed E-state index contributed by atoms with van der Waals surface area (Å²) in [4.78, 5) is 50.6. The molecule has 1 aliphatic heterocycles. The summed E-state index contributed by atoms with van der Waals surface area (Å²) in [5.74, 6) is -1.28. The van der Waals surface area contributed by atoms with Gasteiger partial charge in [0.25, 0.3) is 0 Å². The van der Waals surface area contributed by atoms with Crippen LogP contribution >= 0.6 is 11.8 Å². The largest absolute Gasteiger partial charge is 0.467 e. The fraction of sp³-hybridized carbons (Fsp3) is 0.565. The number of carbonyl (C=O) groups is 4. The van der Waals surface area contributed by atoms with Gasteiger partial charge in [-0.25, -0.2) is 4.79 Å². The number of likely N-dealkylation sites (tertiary alicyclic amines) is 1. The number of nitrogens with zero attached hydrogens (tertiary/aromatic N) is 1. The van der Waals surface area contributed by atoms with E-state index in [-0.39, 0.29) is 43.0 Å². The topological polar surface area (TPSA) is 119 Å². The number of nitrogens with two attached hydrogens (primary N) is 1. The van der Waals surface area contributed by atoms with E-state index in [9.17, 15) is 19.2 Å². The zero-order chi connectivity index (χ0) is 23.8. The highest BCUT2D eigenvalue weighted by molar-refractivity contribution is 8.00. The van der Waals surface area contributed by atoms with Crippen LogP contribution in [0.3, 0.4) is 0 Å². The minimum atomic E-state index is -0.924. The highest BCUT2D eigenvalue weighted by atomic mass is 32.2. The van der Waals surface area contributed by atoms with Crippen LogP contribution in [0.2, 0.25) is 0 Å². The Morgan fingerprint density at radius 2 is 1.88 bits per heavy atom. The first-order valence-electron chi connectivity index (χ1n) is 10.8. The second-order valence-corrected chi connectivity index (χ2v) is 9.58. The molecule has 1 fully saturated rings. The van der Waals surface area contributed by atoms with Gasteiger partial charge in [0.05, 0.1) is 18.3 Å². The number of hydrogen-bond acceptors (Lipinski definition) is 7. The van der Waals surface area contributed by atoms with E-state index in [0.29, 0.717) is 5.92 Å². The van der Waals surface area contributed by atoms with Crippen LogP contribution in [0.4, 0.5) is 0 Å². The molecule has 0 radical (unpaired) electrons. The van der Waals surface area contributed by atoms with E-state index in [0.717, 1.165) is 16.9 Å². The van der Waals surface area contributed by atoms with Gasteiger partial charge in [-0.1, -0.05) is 38.1 Å². The van der Waals surface area contributed by atoms with Crippen molar-refractivity contribution in [2.75, 3.05) is 26.0 Å². The first-order chi connectivity index (χ1) is 15.2. The van der Waals surface area contributed by atoms with Crippen molar-refractivity contribution < 1.29 is 23.9 Å². The lowest BCUT2D eigenvalue weighted by Gasteiger charge is -2.20. The molecule has 1 aromatic carbocycles. The third-order valence-corrected chi connectivity index (χ3v) is 6.63. The summed E-state index contributed by atoms with van der Waals surface area (Å²) in [6, 6.07) is 6.97. The van der Waals surface area contributed by atoms with Gasteiger partial charge < -0.3 is 15.8 Å². The zero-order valence-electron chi connectivity index (χ0n) is 19.1. The first kappa shape index (κ1) is 25.9. The molecule has 1 aliphatic rings. The molecule has 0 bridgehead atoms. The van der Waals surface area contributed by atoms with Gasteiger partial charge in [-0.15, -0.1) is 11.8 Å². The molecule has 3 unspecified atom stereocenters. The number of hydrogen-bond donors (Lipinski definition) is 2. The predicted octanol–water partition coefficient (Wildman–Crippen LogP) is 1.47. The van der Waals surface area contributed by atoms with E-state index in [1.54, 1.807) is 6.92 Å². The molecule has 3 atom stereocenters. The summed E-state index contributed by atoms with van der Waals surface area (Å²) >= 11 is 1.17. The summed E-state index contributed by atoms with van der Waals surface area (Å²) in [6.45, 7) is 6.46. The quantitative estimate of drug-likeness (QED) is 0.377. The van der Waals surface area contributed by atoms with E-state index in [1.165, 1.54) is 24.4 Å². The van der Waals surface area contributed by atoms with Crippen molar-refractivity contribution in [1.29, 1.82) is 0 Å². The van der Waals surface area contributed by atoms with E-state index >= 15 is 0 Å². The number of nitrogens with one attached hydrogen (secondary N) is 1. The molecule has 3 N–H and O–H groups in total. The Kier molecular flexibility index (Phi) is 9.71. The summed E-state index contributed by atoms with van der Waals surface area (Å²) in [5.41, 5.74) is 7.51. The van der Waals surface area contributed by atoms with Crippen LogP contribution in [0.15, 0.2) is 24.3 Å². The lowest BCUT2D eigenvalue weighted by molar-refractivity contribution is -0.144. The maximum atomic E-state index is 12.8. The predicted molar refractivity (Wildman–Crippen MR) is 124 cm³/mol. The second kappa shape index (κ2) is 12.0. The number of benzene rings is 1. The van der Waals surface area contributed by atoms with Gasteiger partial charge in [-0.3, -0.25) is 19.3 Å². The lowest BCUT2D eigenvalue weighted by atomic mass is 9.96. The number of amides is 3. The SMILES string of the molecule is COC(=O)C(CSC1CC(=O)N(CCN)C1=O)NC(=O)C(C)c1ccc(CC(C)C)cc1. The Balaban J connectivity index is 1.99. The highest BCUT2D eigenvalue weighted by Crippen LogP contribution is 2.26. The van der Waals surface area contributed by atoms with Crippen molar-refractivity contribution in [2.45, 2.75) is 50.8 Å². The van der Waals surface area contributed by atoms with Crippen LogP contribution in [-0.2, 0) is 30.3 Å². The molecule has 1 saturated heterocycles. The number of esters is 1. The number of carbonyl (C=O) groups excluding carboxylic acids is 4. The number of thioether (sulfide) groups is 1. The third-order valence-electron chi connectivity index (χ3n) is 5.34. The average molecular weight is 464 g/mol. The van der Waals surface area contributed by atoms with Crippen molar-refractivity contribution >= 4 is 35.5 Å². The summed E-state index contributed by atoms with van der Waals surface area (Å²) in [5, 5.41) is 2.14. The second-order valence-electron chi connectivity index (χ2n) is 8.34. The minimum absolute atomic E-state index is 0.0600. The highest BCUT2D eigenvalue weighted by Gasteiger charge is 2.39. The Bertz CT molecular complexity index is 827. The average Bonchev–Trinajstić information content (AvgIpc) is 3.03. The molecule has 1 heterocycles. The smallest absolute Gasteiger partial charge is 0.329 e. The Labute approximate surface area is 193 Å². The summed E-state index contributed by atoms with van der Waals surface area (Å²) < 4.78 is 4.83. The van der Waals surface area contributed by atoms with Gasteiger partial charge in [0.2, 0.25) is 17.7 Å². The Morgan fingerprint density at radius 3 is 2.44 bits per heavy atom. The molecule has 0 aromatic heterocycles. The van der Waals surface area contributed by atoms with Crippen molar-refractivity contribution in [3.05, 3.63) is 35.4 Å². The van der Waals surface area contributed by atoms with Crippen molar-refractivity contribution in [3.8, 4) is 0 Å². The van der Waals surface area contributed by atoms with Crippen molar-refractivity contribution in [2.24, 2.45) is 11.7 Å². The molecule has 9 heteroatoms. The molecule has 0 aliphatic carbocycles. The molecule has 3 amide bonds. The number of methoxy groups -OCH3 is 1. The number of imide groups is 1. The van der Waals surface area contributed by atoms with E-state index in [4.69, 9.17) is 10.5 Å². The lowest BCUT2D eigenvalue weighted by Crippen LogP contribution is -2.45. The molecule has 0 saturated carbocycles. The van der Waals surface area contributed by atoms with E-state index in [2.05, 4.69) is 19.2 Å². The van der Waals surface area contributed by atoms with Crippen LogP contribution in [0.25, 0.3) is 0 Å². The zero-order valence-corrected chi connectivity index (χ0v) is 19.9. The van der Waals surface area contributed by atoms with Crippen LogP contribution in [0.1, 0.15) is 44.2 Å². The first-order valence-corrected chi connectivity index (χ1v) is 11.9. The van der Waals surface area contributed by atoms with Gasteiger partial charge in [-0.05, 0) is 30.4 Å². The molecular weight excluding hydrogens is 430 g/mol. The normalized spacial score (nSPS) is 18.1. The number of ether oxygens (including phenoxy) is 1. The van der Waals surface area contributed by atoms with Gasteiger partial charge in [0.15, 0.2) is 0 Å². The van der Waals surface area contributed by atoms with Gasteiger partial charge in [0, 0.05) is 25.3 Å². The Morgan fingerprint density at radius 1 is 1.22 bits per heavy atom. The Hall–Kier alpha value is -2.39. The van der Waals surface area contributed by atoms with Crippen LogP contribution in [0.5, 0.6) is 0 Å². The van der Waals surface area contributed by atoms with Crippen LogP contribution in [0, 0.1) is 5.92 Å². The maximum absolute atomic E-state index is 12.8. The molecule has 176 valence electrons. The van der Waals surface area contributed by atoms with E-state index < -0.39 is 23.2 Å². The van der Waals surface area contributed by atoms with Crippen molar-refractivity contribution in [3.63, 3.8) is 0 Å². The fourth-order valence-corrected chi connectivity index (χ4v) is 4.71. The molecule has 32 heavy (non-hydrogen) atoms. The fourth-order valence-electron chi connectivity index (χ4n) is 3.53. The molecule has 0 spiro atoms. The minimum Gasteiger partial charge on any atom is -0.467 e. The molecule has 8 nitrogen and oxygen atoms in total. The monoisotopic (exact) mass is 463 g/mol. The number of rotatable bonds is 11. The molecule has 2 rings (SSSR count). The molecule has 1 aromatic rings. The summed E-state index contributed by atoms with van der Waals surface area (Å²) in [6.07, 6.45) is 1.03. The van der Waals surface area contributed by atoms with Crippen LogP contribution in [-0.4, -0.2) is 65.8 Å². The standard InChI is InChI=1S/C23H33N3O5S/c1-14(2)11-16-5-7-17(8-6-16)15(3)21(28)25-18(23(30)31-4)13-32-19-12-20(27)26(10-9-24)22(19)29/h5-8,14-15,18-19H,9-13,24H2,1-4H3,(H,25,28). The van der Waals surface area contributed by atoms with Crippen LogP contribution < -0.4 is 11.1 Å². The summed E-state index contributed by atoms with van der Waals surface area (Å²) in [7, 11) is 1.25. The van der Waals surface area contributed by atoms with Crippen molar-refractivity contribution in [1.82, 2.24) is 10.2 Å². The maximum Gasteiger partial charge on any atom is 0.329 e. The van der Waals surface area contributed by atoms with Gasteiger partial charge >= 0.3 is 5.97 Å². The van der Waals surface area contributed by atoms with E-state index in [1.807, 2.05) is 24.3 Å². The van der Waals surface area contributed by atoms with Gasteiger partial charge in [-0.2, -0.15) is 0 Å². The van der Waals surface area contributed by atoms with Gasteiger partial charge in [0.1, 0.15) is 6.04 Å².